The van der Waals surface area contributed by atoms with Gasteiger partial charge >= 0.3 is 0 Å². The summed E-state index contributed by atoms with van der Waals surface area (Å²) in [4.78, 5) is 10.1. The summed E-state index contributed by atoms with van der Waals surface area (Å²) in [7, 11) is -4.18. The second-order valence-corrected chi connectivity index (χ2v) is 4.26. The van der Waals surface area contributed by atoms with Gasteiger partial charge in [0.25, 0.3) is 10.1 Å². The van der Waals surface area contributed by atoms with Crippen LogP contribution in [-0.2, 0) is 14.9 Å². The first-order valence-corrected chi connectivity index (χ1v) is 4.61. The molecule has 0 aliphatic carbocycles. The number of carboxylic acid groups (broad SMARTS) is 1. The maximum absolute atomic E-state index is 10.4. The fraction of sp³-hybridized carbons (Fsp3) is 0.500. The van der Waals surface area contributed by atoms with E-state index in [-0.39, 0.29) is 12.0 Å². The van der Waals surface area contributed by atoms with Gasteiger partial charge < -0.3 is 9.90 Å². The molecule has 70 valence electrons. The Balaban J connectivity index is 4.31. The summed E-state index contributed by atoms with van der Waals surface area (Å²) >= 11 is 0. The van der Waals surface area contributed by atoms with Gasteiger partial charge in [-0.05, 0) is 18.9 Å². The van der Waals surface area contributed by atoms with Crippen LogP contribution in [0.2, 0.25) is 0 Å². The molecule has 0 aromatic heterocycles. The smallest absolute Gasteiger partial charge is 0.267 e. The fourth-order valence-corrected chi connectivity index (χ4v) is 0.947. The highest BCUT2D eigenvalue weighted by molar-refractivity contribution is 7.86. The van der Waals surface area contributed by atoms with Gasteiger partial charge in [0.15, 0.2) is 0 Å². The number of aliphatic carboxylic acids is 1. The van der Waals surface area contributed by atoms with Crippen LogP contribution in [0.3, 0.4) is 0 Å². The van der Waals surface area contributed by atoms with Gasteiger partial charge in [-0.2, -0.15) is 8.42 Å². The van der Waals surface area contributed by atoms with Gasteiger partial charge in [0.05, 0.1) is 11.2 Å². The van der Waals surface area contributed by atoms with Gasteiger partial charge in [-0.1, -0.05) is 6.58 Å². The zero-order chi connectivity index (χ0) is 9.94. The molecule has 0 saturated carbocycles. The molecule has 0 heterocycles. The van der Waals surface area contributed by atoms with Gasteiger partial charge in [0, 0.05) is 0 Å². The third-order valence-electron chi connectivity index (χ3n) is 1.33. The van der Waals surface area contributed by atoms with E-state index in [1.54, 1.807) is 0 Å². The Morgan fingerprint density at radius 3 is 2.33 bits per heavy atom. The summed E-state index contributed by atoms with van der Waals surface area (Å²) in [5, 5.41) is 8.91. The van der Waals surface area contributed by atoms with Crippen LogP contribution < -0.4 is 5.11 Å². The van der Waals surface area contributed by atoms with Crippen molar-refractivity contribution in [3.05, 3.63) is 12.2 Å². The van der Waals surface area contributed by atoms with E-state index >= 15 is 0 Å². The lowest BCUT2D eigenvalue weighted by molar-refractivity contribution is -0.299. The van der Waals surface area contributed by atoms with Crippen molar-refractivity contribution in [3.8, 4) is 0 Å². The second kappa shape index (κ2) is 3.68. The Kier molecular flexibility index (Phi) is 3.41. The molecule has 5 nitrogen and oxygen atoms in total. The molecular weight excluding hydrogens is 184 g/mol. The van der Waals surface area contributed by atoms with Crippen LogP contribution in [0, 0.1) is 0 Å². The summed E-state index contributed by atoms with van der Waals surface area (Å²) in [5.41, 5.74) is -0.347. The molecule has 0 rings (SSSR count). The Bertz CT molecular complexity index is 289. The third kappa shape index (κ3) is 3.49. The molecule has 0 spiro atoms. The van der Waals surface area contributed by atoms with Crippen LogP contribution in [0.4, 0.5) is 0 Å². The lowest BCUT2D eigenvalue weighted by Crippen LogP contribution is -2.27. The van der Waals surface area contributed by atoms with E-state index in [4.69, 9.17) is 4.55 Å². The second-order valence-electron chi connectivity index (χ2n) is 2.42. The minimum absolute atomic E-state index is 0.332. The minimum Gasteiger partial charge on any atom is -0.545 e. The van der Waals surface area contributed by atoms with E-state index in [1.807, 2.05) is 0 Å². The Morgan fingerprint density at radius 2 is 2.08 bits per heavy atom. The maximum atomic E-state index is 10.4. The molecule has 1 atom stereocenters. The van der Waals surface area contributed by atoms with Crippen LogP contribution in [0.25, 0.3) is 0 Å². The molecule has 0 aliphatic rings. The molecular formula is C6H9O5S-. The number of hydrogen-bond acceptors (Lipinski definition) is 4. The molecule has 0 fully saturated rings. The molecule has 12 heavy (non-hydrogen) atoms. The molecule has 0 radical (unpaired) electrons. The number of carboxylic acids is 1. The van der Waals surface area contributed by atoms with Crippen molar-refractivity contribution >= 4 is 16.1 Å². The maximum Gasteiger partial charge on any atom is 0.267 e. The van der Waals surface area contributed by atoms with E-state index in [1.165, 1.54) is 6.92 Å². The van der Waals surface area contributed by atoms with Crippen molar-refractivity contribution in [2.45, 2.75) is 18.6 Å². The first-order chi connectivity index (χ1) is 5.25. The molecule has 1 N–H and O–H groups in total. The lowest BCUT2D eigenvalue weighted by Gasteiger charge is -2.10. The SMILES string of the molecule is C=C(CC(C)S(=O)(=O)O)C(=O)[O-]. The number of carbonyl (C=O) groups excluding carboxylic acids is 1. The molecule has 0 aromatic rings. The summed E-state index contributed by atoms with van der Waals surface area (Å²) in [6.45, 7) is 4.25. The molecule has 0 aliphatic heterocycles. The quantitative estimate of drug-likeness (QED) is 0.454. The van der Waals surface area contributed by atoms with E-state index < -0.39 is 21.3 Å². The summed E-state index contributed by atoms with van der Waals surface area (Å²) in [5.74, 6) is -1.51. The van der Waals surface area contributed by atoms with Gasteiger partial charge in [-0.3, -0.25) is 4.55 Å². The Hall–Kier alpha value is -0.880. The number of carbonyl (C=O) groups is 1. The first-order valence-electron chi connectivity index (χ1n) is 3.10. The third-order valence-corrected chi connectivity index (χ3v) is 2.51. The highest BCUT2D eigenvalue weighted by Crippen LogP contribution is 2.08. The van der Waals surface area contributed by atoms with Crippen molar-refractivity contribution in [2.75, 3.05) is 0 Å². The standard InChI is InChI=1S/C6H10O5S/c1-4(6(7)8)3-5(2)12(9,10)11/h5H,1,3H2,2H3,(H,7,8)(H,9,10,11)/p-1. The van der Waals surface area contributed by atoms with Crippen molar-refractivity contribution in [1.29, 1.82) is 0 Å². The van der Waals surface area contributed by atoms with E-state index in [9.17, 15) is 18.3 Å². The molecule has 0 bridgehead atoms. The zero-order valence-electron chi connectivity index (χ0n) is 6.48. The van der Waals surface area contributed by atoms with Gasteiger partial charge in [-0.25, -0.2) is 0 Å². The van der Waals surface area contributed by atoms with Crippen LogP contribution in [0.1, 0.15) is 13.3 Å². The highest BCUT2D eigenvalue weighted by Gasteiger charge is 2.18. The van der Waals surface area contributed by atoms with E-state index in [2.05, 4.69) is 6.58 Å². The van der Waals surface area contributed by atoms with Gasteiger partial charge in [0.2, 0.25) is 0 Å². The van der Waals surface area contributed by atoms with Gasteiger partial charge in [-0.15, -0.1) is 0 Å². The molecule has 1 unspecified atom stereocenters. The van der Waals surface area contributed by atoms with Crippen molar-refractivity contribution in [3.63, 3.8) is 0 Å². The van der Waals surface area contributed by atoms with Crippen LogP contribution >= 0.6 is 0 Å². The highest BCUT2D eigenvalue weighted by atomic mass is 32.2. The summed E-state index contributed by atoms with van der Waals surface area (Å²) < 4.78 is 29.2. The Labute approximate surface area is 70.5 Å². The average molecular weight is 193 g/mol. The number of rotatable bonds is 4. The molecule has 0 aromatic carbocycles. The van der Waals surface area contributed by atoms with Crippen molar-refractivity contribution in [1.82, 2.24) is 0 Å². The predicted octanol–water partition coefficient (Wildman–Crippen LogP) is -1.04. The Morgan fingerprint density at radius 1 is 1.67 bits per heavy atom. The zero-order valence-corrected chi connectivity index (χ0v) is 7.30. The van der Waals surface area contributed by atoms with Crippen LogP contribution in [-0.4, -0.2) is 24.2 Å². The molecule has 0 amide bonds. The van der Waals surface area contributed by atoms with Crippen LogP contribution in [0.5, 0.6) is 0 Å². The summed E-state index contributed by atoms with van der Waals surface area (Å²) in [6, 6.07) is 0. The monoisotopic (exact) mass is 193 g/mol. The van der Waals surface area contributed by atoms with E-state index in [0.717, 1.165) is 0 Å². The summed E-state index contributed by atoms with van der Waals surface area (Å²) in [6.07, 6.45) is -0.332. The van der Waals surface area contributed by atoms with Crippen LogP contribution in [0.15, 0.2) is 12.2 Å². The molecule has 0 saturated heterocycles. The average Bonchev–Trinajstić information content (AvgIpc) is 1.85. The fourth-order valence-electron chi connectivity index (χ4n) is 0.536. The first kappa shape index (κ1) is 11.1. The van der Waals surface area contributed by atoms with E-state index in [0.29, 0.717) is 0 Å². The number of hydrogen-bond donors (Lipinski definition) is 1. The largest absolute Gasteiger partial charge is 0.545 e. The predicted molar refractivity (Wildman–Crippen MR) is 39.8 cm³/mol. The lowest BCUT2D eigenvalue weighted by atomic mass is 10.2. The topological polar surface area (TPSA) is 94.5 Å². The normalized spacial score (nSPS) is 13.8. The van der Waals surface area contributed by atoms with Crippen molar-refractivity contribution in [2.24, 2.45) is 0 Å². The van der Waals surface area contributed by atoms with Gasteiger partial charge in [0.1, 0.15) is 0 Å². The minimum atomic E-state index is -4.18. The molecule has 6 heteroatoms. The van der Waals surface area contributed by atoms with Crippen molar-refractivity contribution < 1.29 is 22.9 Å².